The van der Waals surface area contributed by atoms with E-state index in [2.05, 4.69) is 26.1 Å². The van der Waals surface area contributed by atoms with Gasteiger partial charge in [-0.05, 0) is 44.1 Å². The SMILES string of the molecule is CCCC1CCC(O)(CNCC(C)C)CC1. The zero-order chi connectivity index (χ0) is 12.0. The monoisotopic (exact) mass is 227 g/mol. The summed E-state index contributed by atoms with van der Waals surface area (Å²) in [6.45, 7) is 8.46. The molecule has 0 aromatic rings. The van der Waals surface area contributed by atoms with Gasteiger partial charge < -0.3 is 10.4 Å². The van der Waals surface area contributed by atoms with Gasteiger partial charge in [-0.1, -0.05) is 33.6 Å². The van der Waals surface area contributed by atoms with Crippen LogP contribution in [0.15, 0.2) is 0 Å². The average Bonchev–Trinajstić information content (AvgIpc) is 2.21. The Hall–Kier alpha value is -0.0800. The van der Waals surface area contributed by atoms with Gasteiger partial charge in [-0.3, -0.25) is 0 Å². The molecule has 16 heavy (non-hydrogen) atoms. The highest BCUT2D eigenvalue weighted by molar-refractivity contribution is 4.87. The molecule has 0 radical (unpaired) electrons. The van der Waals surface area contributed by atoms with Crippen LogP contribution in [0.2, 0.25) is 0 Å². The van der Waals surface area contributed by atoms with Crippen molar-refractivity contribution in [3.05, 3.63) is 0 Å². The minimum absolute atomic E-state index is 0.418. The Morgan fingerprint density at radius 1 is 1.31 bits per heavy atom. The van der Waals surface area contributed by atoms with Crippen molar-refractivity contribution in [2.75, 3.05) is 13.1 Å². The lowest BCUT2D eigenvalue weighted by Crippen LogP contribution is -2.44. The fourth-order valence-electron chi connectivity index (χ4n) is 2.68. The third-order valence-corrected chi connectivity index (χ3v) is 3.74. The summed E-state index contributed by atoms with van der Waals surface area (Å²) in [7, 11) is 0. The van der Waals surface area contributed by atoms with Crippen LogP contribution in [0, 0.1) is 11.8 Å². The maximum Gasteiger partial charge on any atom is 0.0771 e. The Labute approximate surface area is 101 Å². The zero-order valence-corrected chi connectivity index (χ0v) is 11.3. The maximum atomic E-state index is 10.4. The van der Waals surface area contributed by atoms with Crippen molar-refractivity contribution in [3.8, 4) is 0 Å². The molecule has 1 saturated carbocycles. The van der Waals surface area contributed by atoms with Gasteiger partial charge in [-0.25, -0.2) is 0 Å². The predicted molar refractivity (Wildman–Crippen MR) is 69.5 cm³/mol. The molecular formula is C14H29NO. The fraction of sp³-hybridized carbons (Fsp3) is 1.00. The van der Waals surface area contributed by atoms with Gasteiger partial charge >= 0.3 is 0 Å². The highest BCUT2D eigenvalue weighted by Gasteiger charge is 2.32. The molecule has 0 bridgehead atoms. The quantitative estimate of drug-likeness (QED) is 0.731. The number of aliphatic hydroxyl groups is 1. The van der Waals surface area contributed by atoms with E-state index in [0.717, 1.165) is 31.8 Å². The Bertz CT molecular complexity index is 183. The highest BCUT2D eigenvalue weighted by Crippen LogP contribution is 2.33. The summed E-state index contributed by atoms with van der Waals surface area (Å²) in [6, 6.07) is 0. The molecule has 0 aromatic carbocycles. The first-order valence-electron chi connectivity index (χ1n) is 6.99. The first kappa shape index (κ1) is 14.0. The van der Waals surface area contributed by atoms with Gasteiger partial charge in [0.15, 0.2) is 0 Å². The lowest BCUT2D eigenvalue weighted by Gasteiger charge is -2.36. The molecule has 0 heterocycles. The summed E-state index contributed by atoms with van der Waals surface area (Å²) in [5.41, 5.74) is -0.418. The molecular weight excluding hydrogens is 198 g/mol. The van der Waals surface area contributed by atoms with Crippen LogP contribution < -0.4 is 5.32 Å². The second kappa shape index (κ2) is 6.61. The van der Waals surface area contributed by atoms with E-state index in [1.165, 1.54) is 25.7 Å². The number of hydrogen-bond acceptors (Lipinski definition) is 2. The predicted octanol–water partition coefficient (Wildman–Crippen LogP) is 2.95. The van der Waals surface area contributed by atoms with Crippen molar-refractivity contribution >= 4 is 0 Å². The van der Waals surface area contributed by atoms with Crippen LogP contribution in [0.3, 0.4) is 0 Å². The smallest absolute Gasteiger partial charge is 0.0771 e. The summed E-state index contributed by atoms with van der Waals surface area (Å²) in [5.74, 6) is 1.54. The van der Waals surface area contributed by atoms with Crippen LogP contribution >= 0.6 is 0 Å². The molecule has 0 unspecified atom stereocenters. The van der Waals surface area contributed by atoms with Crippen LogP contribution in [0.4, 0.5) is 0 Å². The van der Waals surface area contributed by atoms with Crippen LogP contribution in [-0.2, 0) is 0 Å². The first-order chi connectivity index (χ1) is 7.56. The van der Waals surface area contributed by atoms with E-state index < -0.39 is 5.60 Å². The molecule has 0 atom stereocenters. The minimum atomic E-state index is -0.418. The van der Waals surface area contributed by atoms with Crippen molar-refractivity contribution in [1.82, 2.24) is 5.32 Å². The molecule has 0 amide bonds. The molecule has 0 saturated heterocycles. The average molecular weight is 227 g/mol. The maximum absolute atomic E-state index is 10.4. The van der Waals surface area contributed by atoms with Gasteiger partial charge in [0.1, 0.15) is 0 Å². The van der Waals surface area contributed by atoms with Gasteiger partial charge in [-0.15, -0.1) is 0 Å². The highest BCUT2D eigenvalue weighted by atomic mass is 16.3. The summed E-state index contributed by atoms with van der Waals surface area (Å²) in [5, 5.41) is 13.8. The molecule has 1 aliphatic carbocycles. The fourth-order valence-corrected chi connectivity index (χ4v) is 2.68. The lowest BCUT2D eigenvalue weighted by molar-refractivity contribution is -0.00952. The summed E-state index contributed by atoms with van der Waals surface area (Å²) in [6.07, 6.45) is 7.04. The zero-order valence-electron chi connectivity index (χ0n) is 11.3. The minimum Gasteiger partial charge on any atom is -0.389 e. The largest absolute Gasteiger partial charge is 0.389 e. The van der Waals surface area contributed by atoms with Crippen LogP contribution in [0.25, 0.3) is 0 Å². The van der Waals surface area contributed by atoms with Crippen LogP contribution in [0.5, 0.6) is 0 Å². The molecule has 2 heteroatoms. The van der Waals surface area contributed by atoms with E-state index in [1.807, 2.05) is 0 Å². The van der Waals surface area contributed by atoms with Gasteiger partial charge in [-0.2, -0.15) is 0 Å². The van der Waals surface area contributed by atoms with E-state index in [-0.39, 0.29) is 0 Å². The van der Waals surface area contributed by atoms with E-state index in [1.54, 1.807) is 0 Å². The van der Waals surface area contributed by atoms with E-state index in [0.29, 0.717) is 5.92 Å². The van der Waals surface area contributed by atoms with E-state index >= 15 is 0 Å². The molecule has 2 N–H and O–H groups in total. The molecule has 1 rings (SSSR count). The van der Waals surface area contributed by atoms with Crippen molar-refractivity contribution in [3.63, 3.8) is 0 Å². The third-order valence-electron chi connectivity index (χ3n) is 3.74. The number of hydrogen-bond donors (Lipinski definition) is 2. The van der Waals surface area contributed by atoms with Crippen molar-refractivity contribution in [2.24, 2.45) is 11.8 Å². The first-order valence-corrected chi connectivity index (χ1v) is 6.99. The van der Waals surface area contributed by atoms with Gasteiger partial charge in [0.25, 0.3) is 0 Å². The molecule has 1 aliphatic rings. The van der Waals surface area contributed by atoms with Crippen LogP contribution in [0.1, 0.15) is 59.3 Å². The molecule has 96 valence electrons. The molecule has 2 nitrogen and oxygen atoms in total. The topological polar surface area (TPSA) is 32.3 Å². The van der Waals surface area contributed by atoms with Gasteiger partial charge in [0, 0.05) is 6.54 Å². The molecule has 0 aliphatic heterocycles. The second-order valence-electron chi connectivity index (χ2n) is 5.98. The second-order valence-corrected chi connectivity index (χ2v) is 5.98. The van der Waals surface area contributed by atoms with Crippen LogP contribution in [-0.4, -0.2) is 23.8 Å². The van der Waals surface area contributed by atoms with Crippen molar-refractivity contribution < 1.29 is 5.11 Å². The Balaban J connectivity index is 2.21. The van der Waals surface area contributed by atoms with E-state index in [9.17, 15) is 5.11 Å². The normalized spacial score (nSPS) is 30.9. The Kier molecular flexibility index (Phi) is 5.77. The lowest BCUT2D eigenvalue weighted by atomic mass is 9.77. The van der Waals surface area contributed by atoms with Crippen molar-refractivity contribution in [2.45, 2.75) is 64.9 Å². The summed E-state index contributed by atoms with van der Waals surface area (Å²) >= 11 is 0. The van der Waals surface area contributed by atoms with Gasteiger partial charge in [0.05, 0.1) is 5.60 Å². The Morgan fingerprint density at radius 3 is 2.44 bits per heavy atom. The Morgan fingerprint density at radius 2 is 1.94 bits per heavy atom. The third kappa shape index (κ3) is 4.84. The molecule has 1 fully saturated rings. The molecule has 0 spiro atoms. The molecule has 0 aromatic heterocycles. The summed E-state index contributed by atoms with van der Waals surface area (Å²) < 4.78 is 0. The standard InChI is InChI=1S/C14H29NO/c1-4-5-13-6-8-14(16,9-7-13)11-15-10-12(2)3/h12-13,15-16H,4-11H2,1-3H3. The van der Waals surface area contributed by atoms with E-state index in [4.69, 9.17) is 0 Å². The van der Waals surface area contributed by atoms with Gasteiger partial charge in [0.2, 0.25) is 0 Å². The number of rotatable bonds is 6. The summed E-state index contributed by atoms with van der Waals surface area (Å²) in [4.78, 5) is 0. The van der Waals surface area contributed by atoms with Crippen molar-refractivity contribution in [1.29, 1.82) is 0 Å². The number of nitrogens with one attached hydrogen (secondary N) is 1.